The van der Waals surface area contributed by atoms with Crippen LogP contribution in [0.1, 0.15) is 0 Å². The Balaban J connectivity index is 1.46. The summed E-state index contributed by atoms with van der Waals surface area (Å²) in [6, 6.07) is 41.9. The second-order valence-electron chi connectivity index (χ2n) is 8.90. The first kappa shape index (κ1) is 20.5. The Labute approximate surface area is 208 Å². The van der Waals surface area contributed by atoms with Gasteiger partial charge in [-0.1, -0.05) is 103 Å². The molecule has 2 heterocycles. The lowest BCUT2D eigenvalue weighted by Gasteiger charge is -2.13. The largest absolute Gasteiger partial charge is 0.256 e. The Kier molecular flexibility index (Phi) is 4.78. The standard InChI is InChI=1S/C33H21N3/c1-2-9-22(10-3-1)23-16-18-24(19-17-23)32-28-14-6-7-15-30(28)35-33(36-32)29-21-25-11-8-20-34-31(25)27-13-5-4-12-26(27)29/h1-21H. The van der Waals surface area contributed by atoms with E-state index in [2.05, 4.69) is 102 Å². The Hall–Kier alpha value is -4.89. The summed E-state index contributed by atoms with van der Waals surface area (Å²) in [5, 5.41) is 4.33. The summed E-state index contributed by atoms with van der Waals surface area (Å²) in [4.78, 5) is 14.8. The first-order valence-electron chi connectivity index (χ1n) is 12.0. The zero-order valence-corrected chi connectivity index (χ0v) is 19.5. The van der Waals surface area contributed by atoms with Crippen LogP contribution in [0.5, 0.6) is 0 Å². The molecule has 0 saturated heterocycles. The van der Waals surface area contributed by atoms with Crippen LogP contribution in [-0.4, -0.2) is 15.0 Å². The van der Waals surface area contributed by atoms with E-state index in [9.17, 15) is 0 Å². The van der Waals surface area contributed by atoms with Crippen molar-refractivity contribution in [3.8, 4) is 33.8 Å². The van der Waals surface area contributed by atoms with Crippen molar-refractivity contribution in [1.82, 2.24) is 15.0 Å². The van der Waals surface area contributed by atoms with E-state index in [1.165, 1.54) is 11.1 Å². The molecule has 5 aromatic carbocycles. The highest BCUT2D eigenvalue weighted by atomic mass is 14.9. The maximum absolute atomic E-state index is 5.17. The van der Waals surface area contributed by atoms with E-state index in [0.717, 1.165) is 55.2 Å². The fraction of sp³-hybridized carbons (Fsp3) is 0. The van der Waals surface area contributed by atoms with Crippen molar-refractivity contribution in [1.29, 1.82) is 0 Å². The first-order chi connectivity index (χ1) is 17.8. The van der Waals surface area contributed by atoms with E-state index in [1.54, 1.807) is 0 Å². The summed E-state index contributed by atoms with van der Waals surface area (Å²) in [5.74, 6) is 0.720. The summed E-state index contributed by atoms with van der Waals surface area (Å²) in [5.41, 5.74) is 7.33. The van der Waals surface area contributed by atoms with Gasteiger partial charge in [-0.2, -0.15) is 0 Å². The van der Waals surface area contributed by atoms with E-state index in [4.69, 9.17) is 9.97 Å². The summed E-state index contributed by atoms with van der Waals surface area (Å²) in [7, 11) is 0. The minimum absolute atomic E-state index is 0.720. The van der Waals surface area contributed by atoms with Crippen LogP contribution in [0.3, 0.4) is 0 Å². The highest BCUT2D eigenvalue weighted by Gasteiger charge is 2.15. The molecule has 3 nitrogen and oxygen atoms in total. The van der Waals surface area contributed by atoms with Gasteiger partial charge in [-0.15, -0.1) is 0 Å². The van der Waals surface area contributed by atoms with Crippen molar-refractivity contribution in [2.75, 3.05) is 0 Å². The van der Waals surface area contributed by atoms with Crippen LogP contribution in [0.2, 0.25) is 0 Å². The third kappa shape index (κ3) is 3.41. The lowest BCUT2D eigenvalue weighted by molar-refractivity contribution is 1.23. The summed E-state index contributed by atoms with van der Waals surface area (Å²) >= 11 is 0. The highest BCUT2D eigenvalue weighted by molar-refractivity contribution is 6.11. The van der Waals surface area contributed by atoms with Gasteiger partial charge >= 0.3 is 0 Å². The van der Waals surface area contributed by atoms with Crippen LogP contribution in [0, 0.1) is 0 Å². The fourth-order valence-electron chi connectivity index (χ4n) is 4.97. The van der Waals surface area contributed by atoms with Crippen LogP contribution in [0.15, 0.2) is 128 Å². The molecule has 0 N–H and O–H groups in total. The number of benzene rings is 5. The molecule has 0 bridgehead atoms. The van der Waals surface area contributed by atoms with Gasteiger partial charge in [-0.25, -0.2) is 9.97 Å². The summed E-state index contributed by atoms with van der Waals surface area (Å²) in [6.07, 6.45) is 1.85. The third-order valence-electron chi connectivity index (χ3n) is 6.72. The van der Waals surface area contributed by atoms with Crippen LogP contribution in [0.25, 0.3) is 66.4 Å². The normalized spacial score (nSPS) is 11.3. The van der Waals surface area contributed by atoms with Crippen LogP contribution in [0.4, 0.5) is 0 Å². The second kappa shape index (κ2) is 8.40. The Bertz CT molecular complexity index is 1870. The molecule has 0 atom stereocenters. The van der Waals surface area contributed by atoms with E-state index in [0.29, 0.717) is 0 Å². The monoisotopic (exact) mass is 459 g/mol. The SMILES string of the molecule is c1ccc(-c2ccc(-c3nc(-c4cc5cccnc5c5ccccc45)nc4ccccc34)cc2)cc1. The van der Waals surface area contributed by atoms with Crippen molar-refractivity contribution in [3.05, 3.63) is 128 Å². The highest BCUT2D eigenvalue weighted by Crippen LogP contribution is 2.35. The number of aromatic nitrogens is 3. The van der Waals surface area contributed by atoms with Gasteiger partial charge in [0.2, 0.25) is 0 Å². The molecule has 0 saturated carbocycles. The number of hydrogen-bond acceptors (Lipinski definition) is 3. The van der Waals surface area contributed by atoms with E-state index in [-0.39, 0.29) is 0 Å². The molecule has 0 fully saturated rings. The average Bonchev–Trinajstić information content (AvgIpc) is 2.97. The molecule has 7 rings (SSSR count). The Morgan fingerprint density at radius 2 is 1.14 bits per heavy atom. The van der Waals surface area contributed by atoms with Crippen molar-refractivity contribution < 1.29 is 0 Å². The molecule has 0 unspecified atom stereocenters. The van der Waals surface area contributed by atoms with Crippen molar-refractivity contribution >= 4 is 32.6 Å². The predicted octanol–water partition coefficient (Wildman–Crippen LogP) is 8.33. The number of rotatable bonds is 3. The molecule has 0 aliphatic heterocycles. The average molecular weight is 460 g/mol. The van der Waals surface area contributed by atoms with Crippen LogP contribution < -0.4 is 0 Å². The van der Waals surface area contributed by atoms with Gasteiger partial charge in [0, 0.05) is 33.5 Å². The zero-order chi connectivity index (χ0) is 23.9. The zero-order valence-electron chi connectivity index (χ0n) is 19.5. The molecular formula is C33H21N3. The molecule has 168 valence electrons. The molecule has 3 heteroatoms. The maximum atomic E-state index is 5.17. The molecule has 0 spiro atoms. The van der Waals surface area contributed by atoms with Gasteiger partial charge in [0.15, 0.2) is 5.82 Å². The quantitative estimate of drug-likeness (QED) is 0.249. The van der Waals surface area contributed by atoms with Gasteiger partial charge in [0.05, 0.1) is 16.7 Å². The Morgan fingerprint density at radius 3 is 1.97 bits per heavy atom. The smallest absolute Gasteiger partial charge is 0.161 e. The van der Waals surface area contributed by atoms with Gasteiger partial charge in [0.1, 0.15) is 0 Å². The summed E-state index contributed by atoms with van der Waals surface area (Å²) in [6.45, 7) is 0. The molecule has 0 aliphatic rings. The number of nitrogens with zero attached hydrogens (tertiary/aromatic N) is 3. The molecule has 0 aliphatic carbocycles. The minimum atomic E-state index is 0.720. The second-order valence-corrected chi connectivity index (χ2v) is 8.90. The minimum Gasteiger partial charge on any atom is -0.256 e. The number of fused-ring (bicyclic) bond motifs is 4. The number of pyridine rings is 1. The van der Waals surface area contributed by atoms with Crippen LogP contribution in [-0.2, 0) is 0 Å². The topological polar surface area (TPSA) is 38.7 Å². The summed E-state index contributed by atoms with van der Waals surface area (Å²) < 4.78 is 0. The van der Waals surface area contributed by atoms with Crippen molar-refractivity contribution in [2.24, 2.45) is 0 Å². The van der Waals surface area contributed by atoms with E-state index < -0.39 is 0 Å². The van der Waals surface area contributed by atoms with Gasteiger partial charge < -0.3 is 0 Å². The number of para-hydroxylation sites is 1. The van der Waals surface area contributed by atoms with E-state index >= 15 is 0 Å². The molecule has 2 aromatic heterocycles. The van der Waals surface area contributed by atoms with E-state index in [1.807, 2.05) is 30.5 Å². The molecule has 7 aromatic rings. The predicted molar refractivity (Wildman–Crippen MR) is 149 cm³/mol. The first-order valence-corrected chi connectivity index (χ1v) is 12.0. The Morgan fingerprint density at radius 1 is 0.472 bits per heavy atom. The fourth-order valence-corrected chi connectivity index (χ4v) is 4.97. The molecule has 36 heavy (non-hydrogen) atoms. The molecule has 0 amide bonds. The van der Waals surface area contributed by atoms with Crippen molar-refractivity contribution in [2.45, 2.75) is 0 Å². The lowest BCUT2D eigenvalue weighted by Crippen LogP contribution is -1.96. The van der Waals surface area contributed by atoms with Gasteiger partial charge in [-0.05, 0) is 34.7 Å². The van der Waals surface area contributed by atoms with Crippen molar-refractivity contribution in [3.63, 3.8) is 0 Å². The maximum Gasteiger partial charge on any atom is 0.161 e. The van der Waals surface area contributed by atoms with Gasteiger partial charge in [0.25, 0.3) is 0 Å². The van der Waals surface area contributed by atoms with Crippen LogP contribution >= 0.6 is 0 Å². The molecule has 0 radical (unpaired) electrons. The van der Waals surface area contributed by atoms with Gasteiger partial charge in [-0.3, -0.25) is 4.98 Å². The number of hydrogen-bond donors (Lipinski definition) is 0. The third-order valence-corrected chi connectivity index (χ3v) is 6.72. The lowest BCUT2D eigenvalue weighted by atomic mass is 9.98. The molecular weight excluding hydrogens is 438 g/mol.